The Kier molecular flexibility index (Phi) is 4.37. The zero-order valence-corrected chi connectivity index (χ0v) is 14.7. The molecular formula is C18H36N2O+2. The Morgan fingerprint density at radius 3 is 2.19 bits per heavy atom. The SMILES string of the molecule is CC(CC1C[N+]2(C(C)C)CCC1CC2)[N+]1(C)CCOCC1. The number of fused-ring (bicyclic) bond motifs is 3. The van der Waals surface area contributed by atoms with Gasteiger partial charge in [-0.3, -0.25) is 0 Å². The molecule has 3 nitrogen and oxygen atoms in total. The highest BCUT2D eigenvalue weighted by molar-refractivity contribution is 4.82. The molecule has 4 saturated heterocycles. The van der Waals surface area contributed by atoms with E-state index in [4.69, 9.17) is 4.74 Å². The summed E-state index contributed by atoms with van der Waals surface area (Å²) in [5.74, 6) is 2.00. The third-order valence-corrected chi connectivity index (χ3v) is 7.45. The third-order valence-electron chi connectivity index (χ3n) is 7.45. The van der Waals surface area contributed by atoms with Gasteiger partial charge >= 0.3 is 0 Å². The summed E-state index contributed by atoms with van der Waals surface area (Å²) in [6, 6.07) is 1.61. The van der Waals surface area contributed by atoms with Crippen molar-refractivity contribution in [1.29, 1.82) is 0 Å². The van der Waals surface area contributed by atoms with E-state index in [-0.39, 0.29) is 0 Å². The third kappa shape index (κ3) is 2.89. The highest BCUT2D eigenvalue weighted by Gasteiger charge is 2.48. The quantitative estimate of drug-likeness (QED) is 0.724. The molecule has 2 atom stereocenters. The van der Waals surface area contributed by atoms with Crippen molar-refractivity contribution in [1.82, 2.24) is 0 Å². The lowest BCUT2D eigenvalue weighted by atomic mass is 9.73. The number of rotatable bonds is 4. The summed E-state index contributed by atoms with van der Waals surface area (Å²) < 4.78 is 8.24. The minimum absolute atomic E-state index is 0.798. The van der Waals surface area contributed by atoms with Crippen LogP contribution >= 0.6 is 0 Å². The van der Waals surface area contributed by atoms with Crippen LogP contribution in [0.15, 0.2) is 0 Å². The number of ether oxygens (including phenoxy) is 1. The fourth-order valence-corrected chi connectivity index (χ4v) is 5.26. The van der Waals surface area contributed by atoms with E-state index in [0.29, 0.717) is 0 Å². The Bertz CT molecular complexity index is 354. The molecule has 0 N–H and O–H groups in total. The van der Waals surface area contributed by atoms with Gasteiger partial charge < -0.3 is 13.7 Å². The topological polar surface area (TPSA) is 9.23 Å². The van der Waals surface area contributed by atoms with Gasteiger partial charge in [0.2, 0.25) is 0 Å². The molecule has 122 valence electrons. The first-order chi connectivity index (χ1) is 9.95. The van der Waals surface area contributed by atoms with Crippen molar-refractivity contribution in [3.63, 3.8) is 0 Å². The molecule has 0 amide bonds. The van der Waals surface area contributed by atoms with Crippen LogP contribution in [0.4, 0.5) is 0 Å². The number of piperidine rings is 3. The highest BCUT2D eigenvalue weighted by Crippen LogP contribution is 2.42. The molecule has 2 unspecified atom stereocenters. The van der Waals surface area contributed by atoms with Gasteiger partial charge in [0.1, 0.15) is 13.1 Å². The maximum absolute atomic E-state index is 5.58. The van der Waals surface area contributed by atoms with E-state index in [1.165, 1.54) is 61.0 Å². The van der Waals surface area contributed by atoms with Crippen LogP contribution in [0.25, 0.3) is 0 Å². The summed E-state index contributed by atoms with van der Waals surface area (Å²) >= 11 is 0. The second-order valence-corrected chi connectivity index (χ2v) is 8.66. The Hall–Kier alpha value is -0.120. The van der Waals surface area contributed by atoms with Gasteiger partial charge in [-0.1, -0.05) is 0 Å². The van der Waals surface area contributed by atoms with Crippen LogP contribution in [-0.4, -0.2) is 74.0 Å². The van der Waals surface area contributed by atoms with Crippen molar-refractivity contribution in [2.75, 3.05) is 53.0 Å². The molecule has 4 heterocycles. The number of likely N-dealkylation sites (N-methyl/N-ethyl adjacent to an activating group) is 1. The molecule has 21 heavy (non-hydrogen) atoms. The molecule has 4 aliphatic heterocycles. The van der Waals surface area contributed by atoms with E-state index < -0.39 is 0 Å². The number of hydrogen-bond donors (Lipinski definition) is 0. The van der Waals surface area contributed by atoms with Crippen molar-refractivity contribution in [2.24, 2.45) is 11.8 Å². The lowest BCUT2D eigenvalue weighted by molar-refractivity contribution is -0.968. The van der Waals surface area contributed by atoms with Crippen LogP contribution in [0.2, 0.25) is 0 Å². The lowest BCUT2D eigenvalue weighted by Crippen LogP contribution is -2.66. The van der Waals surface area contributed by atoms with E-state index in [1.807, 2.05) is 0 Å². The summed E-state index contributed by atoms with van der Waals surface area (Å²) in [5, 5.41) is 0. The van der Waals surface area contributed by atoms with E-state index in [9.17, 15) is 0 Å². The van der Waals surface area contributed by atoms with Gasteiger partial charge in [-0.2, -0.15) is 0 Å². The van der Waals surface area contributed by atoms with Crippen molar-refractivity contribution >= 4 is 0 Å². The predicted molar refractivity (Wildman–Crippen MR) is 87.0 cm³/mol. The minimum Gasteiger partial charge on any atom is -0.370 e. The number of quaternary nitrogens is 2. The van der Waals surface area contributed by atoms with Gasteiger partial charge in [-0.25, -0.2) is 0 Å². The predicted octanol–water partition coefficient (Wildman–Crippen LogP) is 2.51. The summed E-state index contributed by atoms with van der Waals surface area (Å²) in [7, 11) is 2.46. The Morgan fingerprint density at radius 1 is 1.00 bits per heavy atom. The first-order valence-electron chi connectivity index (χ1n) is 9.23. The fourth-order valence-electron chi connectivity index (χ4n) is 5.26. The molecule has 0 aromatic rings. The first-order valence-corrected chi connectivity index (χ1v) is 9.23. The number of nitrogens with zero attached hydrogens (tertiary/aromatic N) is 2. The van der Waals surface area contributed by atoms with Crippen molar-refractivity contribution in [3.05, 3.63) is 0 Å². The molecule has 0 aliphatic carbocycles. The van der Waals surface area contributed by atoms with Crippen LogP contribution in [0.3, 0.4) is 0 Å². The van der Waals surface area contributed by atoms with Gasteiger partial charge in [-0.05, 0) is 26.7 Å². The van der Waals surface area contributed by atoms with Crippen LogP contribution in [0.5, 0.6) is 0 Å². The van der Waals surface area contributed by atoms with Crippen molar-refractivity contribution in [2.45, 2.75) is 52.1 Å². The van der Waals surface area contributed by atoms with E-state index >= 15 is 0 Å². The molecule has 3 heteroatoms. The Morgan fingerprint density at radius 2 is 1.62 bits per heavy atom. The summed E-state index contributed by atoms with van der Waals surface area (Å²) in [4.78, 5) is 0. The summed E-state index contributed by atoms with van der Waals surface area (Å²) in [5.41, 5.74) is 0. The summed E-state index contributed by atoms with van der Waals surface area (Å²) in [6.45, 7) is 16.1. The first kappa shape index (κ1) is 15.8. The Labute approximate surface area is 131 Å². The van der Waals surface area contributed by atoms with E-state index in [2.05, 4.69) is 27.8 Å². The maximum atomic E-state index is 5.58. The normalized spacial score (nSPS) is 40.4. The van der Waals surface area contributed by atoms with Crippen LogP contribution in [-0.2, 0) is 4.74 Å². The van der Waals surface area contributed by atoms with Crippen molar-refractivity contribution < 1.29 is 13.7 Å². The average molecular weight is 296 g/mol. The molecule has 0 saturated carbocycles. The van der Waals surface area contributed by atoms with Gasteiger partial charge in [0, 0.05) is 25.2 Å². The molecule has 0 radical (unpaired) electrons. The second-order valence-electron chi connectivity index (χ2n) is 8.66. The number of morpholine rings is 1. The fraction of sp³-hybridized carbons (Fsp3) is 1.00. The summed E-state index contributed by atoms with van der Waals surface area (Å²) in [6.07, 6.45) is 4.42. The standard InChI is InChI=1S/C18H36N2O/c1-15(2)20-7-5-17(6-8-20)18(14-20)13-16(3)19(4)9-11-21-12-10-19/h15-18H,5-14H2,1-4H3/q+2. The molecular weight excluding hydrogens is 260 g/mol. The smallest absolute Gasteiger partial charge is 0.102 e. The zero-order valence-electron chi connectivity index (χ0n) is 14.7. The second kappa shape index (κ2) is 5.82. The average Bonchev–Trinajstić information content (AvgIpc) is 2.49. The van der Waals surface area contributed by atoms with Crippen molar-refractivity contribution in [3.8, 4) is 0 Å². The minimum atomic E-state index is 0.798. The Balaban J connectivity index is 1.65. The van der Waals surface area contributed by atoms with E-state index in [0.717, 1.165) is 37.1 Å². The van der Waals surface area contributed by atoms with Crippen LogP contribution in [0, 0.1) is 11.8 Å². The number of hydrogen-bond acceptors (Lipinski definition) is 1. The van der Waals surface area contributed by atoms with Gasteiger partial charge in [0.05, 0.1) is 52.0 Å². The van der Waals surface area contributed by atoms with Gasteiger partial charge in [-0.15, -0.1) is 0 Å². The molecule has 0 aromatic heterocycles. The molecule has 4 fully saturated rings. The lowest BCUT2D eigenvalue weighted by Gasteiger charge is -2.56. The van der Waals surface area contributed by atoms with Gasteiger partial charge in [0.15, 0.2) is 0 Å². The van der Waals surface area contributed by atoms with E-state index in [1.54, 1.807) is 0 Å². The molecule has 4 aliphatic rings. The maximum Gasteiger partial charge on any atom is 0.102 e. The molecule has 2 bridgehead atoms. The zero-order chi connectivity index (χ0) is 15.1. The largest absolute Gasteiger partial charge is 0.370 e. The van der Waals surface area contributed by atoms with Crippen LogP contribution < -0.4 is 0 Å². The molecule has 0 aromatic carbocycles. The highest BCUT2D eigenvalue weighted by atomic mass is 16.5. The van der Waals surface area contributed by atoms with Crippen LogP contribution in [0.1, 0.15) is 40.0 Å². The molecule has 0 spiro atoms. The molecule has 4 rings (SSSR count). The monoisotopic (exact) mass is 296 g/mol. The van der Waals surface area contributed by atoms with Gasteiger partial charge in [0.25, 0.3) is 0 Å².